The number of thioether (sulfide) groups is 2. The van der Waals surface area contributed by atoms with Crippen LogP contribution in [0.2, 0.25) is 0 Å². The average Bonchev–Trinajstić information content (AvgIpc) is 2.58. The Morgan fingerprint density at radius 3 is 2.67 bits per heavy atom. The van der Waals surface area contributed by atoms with Crippen molar-refractivity contribution in [2.45, 2.75) is 6.42 Å². The van der Waals surface area contributed by atoms with Crippen molar-refractivity contribution in [1.29, 1.82) is 0 Å². The molecule has 2 heterocycles. The van der Waals surface area contributed by atoms with Crippen LogP contribution in [0.5, 0.6) is 0 Å². The second-order valence-corrected chi connectivity index (χ2v) is 4.82. The molecule has 0 atom stereocenters. The third kappa shape index (κ3) is 2.47. The summed E-state index contributed by atoms with van der Waals surface area (Å²) in [5.41, 5.74) is 1.25. The van der Waals surface area contributed by atoms with E-state index in [9.17, 15) is 0 Å². The van der Waals surface area contributed by atoms with Crippen LogP contribution in [0.4, 0.5) is 0 Å². The van der Waals surface area contributed by atoms with E-state index < -0.39 is 0 Å². The smallest absolute Gasteiger partial charge is 0.542 e. The summed E-state index contributed by atoms with van der Waals surface area (Å²) in [5, 5.41) is 0. The summed E-state index contributed by atoms with van der Waals surface area (Å²) in [5.74, 6) is 2.51. The van der Waals surface area contributed by atoms with Crippen molar-refractivity contribution in [3.05, 3.63) is 28.7 Å². The SMILES string of the molecule is [Li+].c1cc([C-]2SCCCS2)co1. The molecule has 1 aromatic rings. The first kappa shape index (κ1) is 10.5. The molecule has 0 aromatic carbocycles. The molecule has 1 fully saturated rings. The van der Waals surface area contributed by atoms with E-state index in [0.717, 1.165) is 0 Å². The Hall–Kier alpha value is 0.447. The topological polar surface area (TPSA) is 13.1 Å². The Labute approximate surface area is 93.2 Å². The molecule has 0 amide bonds. The van der Waals surface area contributed by atoms with E-state index in [0.29, 0.717) is 0 Å². The summed E-state index contributed by atoms with van der Waals surface area (Å²) >= 11 is 3.88. The third-order valence-electron chi connectivity index (χ3n) is 1.51. The van der Waals surface area contributed by atoms with Gasteiger partial charge in [-0.3, -0.25) is 0 Å². The molecule has 2 rings (SSSR count). The fourth-order valence-corrected chi connectivity index (χ4v) is 3.51. The molecule has 60 valence electrons. The molecule has 0 aliphatic carbocycles. The van der Waals surface area contributed by atoms with Gasteiger partial charge in [0.2, 0.25) is 0 Å². The van der Waals surface area contributed by atoms with Gasteiger partial charge in [0, 0.05) is 6.26 Å². The van der Waals surface area contributed by atoms with Crippen molar-refractivity contribution in [2.24, 2.45) is 0 Å². The summed E-state index contributed by atoms with van der Waals surface area (Å²) in [6, 6.07) is 2.03. The fourth-order valence-electron chi connectivity index (χ4n) is 0.978. The largest absolute Gasteiger partial charge is 1.00 e. The summed E-state index contributed by atoms with van der Waals surface area (Å²) in [6.45, 7) is 0. The molecule has 1 aliphatic rings. The molecular weight excluding hydrogens is 183 g/mol. The molecule has 1 saturated heterocycles. The van der Waals surface area contributed by atoms with E-state index in [4.69, 9.17) is 4.42 Å². The zero-order valence-electron chi connectivity index (χ0n) is 7.08. The van der Waals surface area contributed by atoms with E-state index in [1.165, 1.54) is 28.1 Å². The van der Waals surface area contributed by atoms with E-state index in [1.54, 1.807) is 6.26 Å². The predicted octanol–water partition coefficient (Wildman–Crippen LogP) is -0.00871. The maximum atomic E-state index is 5.02. The first-order valence-electron chi connectivity index (χ1n) is 3.62. The van der Waals surface area contributed by atoms with E-state index in [1.807, 2.05) is 35.9 Å². The average molecular weight is 192 g/mol. The summed E-state index contributed by atoms with van der Waals surface area (Å²) in [4.78, 5) is 0. The van der Waals surface area contributed by atoms with E-state index in [2.05, 4.69) is 0 Å². The van der Waals surface area contributed by atoms with Gasteiger partial charge in [-0.15, -0.1) is 11.6 Å². The van der Waals surface area contributed by atoms with Crippen molar-refractivity contribution in [1.82, 2.24) is 0 Å². The standard InChI is InChI=1S/C8H9OS2.Li/c1-4-10-8(11-5-1)7-2-3-9-6-7;/h2-3,6H,1,4-5H2;/q-1;+1. The summed E-state index contributed by atoms with van der Waals surface area (Å²) in [7, 11) is 0. The van der Waals surface area contributed by atoms with Gasteiger partial charge in [-0.25, -0.2) is 0 Å². The Morgan fingerprint density at radius 2 is 2.08 bits per heavy atom. The molecule has 0 spiro atoms. The Morgan fingerprint density at radius 1 is 1.33 bits per heavy atom. The summed E-state index contributed by atoms with van der Waals surface area (Å²) in [6.07, 6.45) is 4.88. The third-order valence-corrected chi connectivity index (χ3v) is 4.20. The van der Waals surface area contributed by atoms with Crippen molar-refractivity contribution < 1.29 is 23.3 Å². The molecule has 0 unspecified atom stereocenters. The van der Waals surface area contributed by atoms with Gasteiger partial charge in [0.15, 0.2) is 0 Å². The Bertz CT molecular complexity index is 207. The maximum Gasteiger partial charge on any atom is 1.00 e. The van der Waals surface area contributed by atoms with Crippen LogP contribution in [0, 0.1) is 4.58 Å². The molecule has 12 heavy (non-hydrogen) atoms. The zero-order chi connectivity index (χ0) is 7.52. The maximum absolute atomic E-state index is 5.02. The minimum atomic E-state index is 0. The monoisotopic (exact) mass is 192 g/mol. The van der Waals surface area contributed by atoms with Crippen molar-refractivity contribution in [3.8, 4) is 0 Å². The molecular formula is C8H9LiOS2. The number of furan rings is 1. The molecule has 1 nitrogen and oxygen atoms in total. The minimum Gasteiger partial charge on any atom is -0.542 e. The molecule has 0 radical (unpaired) electrons. The minimum absolute atomic E-state index is 0. The van der Waals surface area contributed by atoms with Crippen molar-refractivity contribution in [3.63, 3.8) is 0 Å². The van der Waals surface area contributed by atoms with Crippen LogP contribution in [-0.4, -0.2) is 11.5 Å². The van der Waals surface area contributed by atoms with Crippen LogP contribution in [0.1, 0.15) is 12.0 Å². The first-order chi connectivity index (χ1) is 5.47. The van der Waals surface area contributed by atoms with Gasteiger partial charge in [0.25, 0.3) is 0 Å². The van der Waals surface area contributed by atoms with Gasteiger partial charge in [0.1, 0.15) is 0 Å². The van der Waals surface area contributed by atoms with Crippen LogP contribution in [0.25, 0.3) is 0 Å². The van der Waals surface area contributed by atoms with Gasteiger partial charge >= 0.3 is 18.9 Å². The quantitative estimate of drug-likeness (QED) is 0.459. The van der Waals surface area contributed by atoms with Gasteiger partial charge in [-0.1, -0.05) is 4.58 Å². The fraction of sp³-hybridized carbons (Fsp3) is 0.375. The van der Waals surface area contributed by atoms with Crippen LogP contribution in [0.3, 0.4) is 0 Å². The van der Waals surface area contributed by atoms with E-state index >= 15 is 0 Å². The van der Waals surface area contributed by atoms with Crippen LogP contribution in [-0.2, 0) is 0 Å². The molecule has 0 N–H and O–H groups in total. The molecule has 1 aromatic heterocycles. The summed E-state index contributed by atoms with van der Waals surface area (Å²) < 4.78 is 6.44. The molecule has 0 saturated carbocycles. The number of rotatable bonds is 1. The van der Waals surface area contributed by atoms with Gasteiger partial charge in [0.05, 0.1) is 0 Å². The Kier molecular flexibility index (Phi) is 4.59. The second-order valence-electron chi connectivity index (χ2n) is 2.35. The van der Waals surface area contributed by atoms with E-state index in [-0.39, 0.29) is 18.9 Å². The van der Waals surface area contributed by atoms with Crippen LogP contribution in [0.15, 0.2) is 23.0 Å². The number of hydrogen-bond donors (Lipinski definition) is 0. The van der Waals surface area contributed by atoms with Crippen molar-refractivity contribution >= 4 is 23.5 Å². The van der Waals surface area contributed by atoms with Crippen molar-refractivity contribution in [2.75, 3.05) is 11.5 Å². The first-order valence-corrected chi connectivity index (χ1v) is 5.59. The van der Waals surface area contributed by atoms with Crippen LogP contribution < -0.4 is 18.9 Å². The van der Waals surface area contributed by atoms with Gasteiger partial charge < -0.3 is 4.42 Å². The number of hydrogen-bond acceptors (Lipinski definition) is 3. The predicted molar refractivity (Wildman–Crippen MR) is 50.6 cm³/mol. The van der Waals surface area contributed by atoms with Gasteiger partial charge in [-0.2, -0.15) is 23.5 Å². The van der Waals surface area contributed by atoms with Gasteiger partial charge in [-0.05, 0) is 24.2 Å². The van der Waals surface area contributed by atoms with Crippen LogP contribution >= 0.6 is 23.5 Å². The second kappa shape index (κ2) is 5.24. The Balaban J connectivity index is 0.000000720. The molecule has 4 heteroatoms. The molecule has 0 bridgehead atoms. The molecule has 1 aliphatic heterocycles. The zero-order valence-corrected chi connectivity index (χ0v) is 8.71. The normalized spacial score (nSPS) is 17.2.